The van der Waals surface area contributed by atoms with Crippen molar-refractivity contribution in [2.45, 2.75) is 31.8 Å². The molecule has 0 aliphatic heterocycles. The van der Waals surface area contributed by atoms with Crippen LogP contribution in [0.15, 0.2) is 43.0 Å². The van der Waals surface area contributed by atoms with Gasteiger partial charge in [-0.15, -0.1) is 0 Å². The highest BCUT2D eigenvalue weighted by molar-refractivity contribution is 5.89. The van der Waals surface area contributed by atoms with Crippen LogP contribution in [0.5, 0.6) is 0 Å². The van der Waals surface area contributed by atoms with Crippen molar-refractivity contribution >= 4 is 11.5 Å². The van der Waals surface area contributed by atoms with Crippen LogP contribution in [0.25, 0.3) is 5.52 Å². The third-order valence-corrected chi connectivity index (χ3v) is 3.56. The number of rotatable bonds is 2. The normalized spacial score (nSPS) is 19.6. The van der Waals surface area contributed by atoms with Crippen LogP contribution in [0, 0.1) is 0 Å². The van der Waals surface area contributed by atoms with Crippen molar-refractivity contribution in [2.75, 3.05) is 0 Å². The van der Waals surface area contributed by atoms with Crippen LogP contribution in [0.4, 0.5) is 0 Å². The van der Waals surface area contributed by atoms with Gasteiger partial charge in [-0.25, -0.2) is 9.78 Å². The lowest BCUT2D eigenvalue weighted by Crippen LogP contribution is -2.23. The van der Waals surface area contributed by atoms with Gasteiger partial charge in [-0.05, 0) is 43.4 Å². The zero-order valence-electron chi connectivity index (χ0n) is 10.7. The fraction of sp³-hybridized carbons (Fsp3) is 0.333. The molecule has 1 aliphatic carbocycles. The van der Waals surface area contributed by atoms with Crippen molar-refractivity contribution in [1.29, 1.82) is 0 Å². The number of carbonyl (C=O) groups excluding carboxylic acids is 1. The maximum atomic E-state index is 12.1. The third kappa shape index (κ3) is 2.38. The summed E-state index contributed by atoms with van der Waals surface area (Å²) in [5.74, 6) is -0.288. The van der Waals surface area contributed by atoms with Gasteiger partial charge in [0, 0.05) is 6.20 Å². The summed E-state index contributed by atoms with van der Waals surface area (Å²) < 4.78 is 7.35. The molecule has 0 spiro atoms. The number of carbonyl (C=O) groups is 1. The summed E-state index contributed by atoms with van der Waals surface area (Å²) in [6, 6.07) is 3.63. The van der Waals surface area contributed by atoms with Crippen molar-refractivity contribution in [3.8, 4) is 0 Å². The average molecular weight is 256 g/mol. The van der Waals surface area contributed by atoms with Gasteiger partial charge in [-0.1, -0.05) is 6.58 Å². The number of ether oxygens (including phenoxy) is 1. The number of imidazole rings is 1. The van der Waals surface area contributed by atoms with Crippen LogP contribution in [0.2, 0.25) is 0 Å². The van der Waals surface area contributed by atoms with Crippen molar-refractivity contribution in [2.24, 2.45) is 0 Å². The fourth-order valence-corrected chi connectivity index (χ4v) is 2.43. The van der Waals surface area contributed by atoms with Crippen LogP contribution < -0.4 is 0 Å². The molecular weight excluding hydrogens is 240 g/mol. The van der Waals surface area contributed by atoms with Gasteiger partial charge >= 0.3 is 5.97 Å². The minimum Gasteiger partial charge on any atom is -0.454 e. The molecule has 1 atom stereocenters. The van der Waals surface area contributed by atoms with E-state index in [-0.39, 0.29) is 12.1 Å². The largest absolute Gasteiger partial charge is 0.454 e. The third-order valence-electron chi connectivity index (χ3n) is 3.56. The Balaban J connectivity index is 1.77. The van der Waals surface area contributed by atoms with E-state index in [1.54, 1.807) is 24.8 Å². The SMILES string of the molecule is C=C1CCCCC1OC(=O)c1ccc2cncn2c1. The van der Waals surface area contributed by atoms with Gasteiger partial charge in [-0.2, -0.15) is 0 Å². The Morgan fingerprint density at radius 3 is 3.16 bits per heavy atom. The average Bonchev–Trinajstić information content (AvgIpc) is 2.88. The first kappa shape index (κ1) is 12.0. The monoisotopic (exact) mass is 256 g/mol. The Labute approximate surface area is 111 Å². The Hall–Kier alpha value is -2.10. The highest BCUT2D eigenvalue weighted by atomic mass is 16.5. The first-order valence-electron chi connectivity index (χ1n) is 6.54. The second kappa shape index (κ2) is 4.88. The van der Waals surface area contributed by atoms with Crippen molar-refractivity contribution in [3.63, 3.8) is 0 Å². The topological polar surface area (TPSA) is 43.6 Å². The van der Waals surface area contributed by atoms with Gasteiger partial charge in [0.15, 0.2) is 0 Å². The lowest BCUT2D eigenvalue weighted by Gasteiger charge is -2.24. The Kier molecular flexibility index (Phi) is 3.07. The predicted octanol–water partition coefficient (Wildman–Crippen LogP) is 2.99. The molecule has 0 radical (unpaired) electrons. The van der Waals surface area contributed by atoms with Gasteiger partial charge in [0.05, 0.1) is 23.6 Å². The zero-order chi connectivity index (χ0) is 13.2. The standard InChI is InChI=1S/C15H16N2O2/c1-11-4-2-3-5-14(11)19-15(18)12-6-7-13-8-16-10-17(13)9-12/h6-10,14H,1-5H2. The molecule has 1 fully saturated rings. The van der Waals surface area contributed by atoms with Gasteiger partial charge < -0.3 is 9.14 Å². The highest BCUT2D eigenvalue weighted by Crippen LogP contribution is 2.25. The number of hydrogen-bond donors (Lipinski definition) is 0. The van der Waals surface area contributed by atoms with E-state index < -0.39 is 0 Å². The lowest BCUT2D eigenvalue weighted by atomic mass is 9.93. The Bertz CT molecular complexity index is 630. The fourth-order valence-electron chi connectivity index (χ4n) is 2.43. The van der Waals surface area contributed by atoms with Gasteiger partial charge in [0.25, 0.3) is 0 Å². The van der Waals surface area contributed by atoms with E-state index in [9.17, 15) is 4.79 Å². The molecule has 1 saturated carbocycles. The first-order chi connectivity index (χ1) is 9.24. The van der Waals surface area contributed by atoms with Crippen molar-refractivity contribution in [3.05, 3.63) is 48.6 Å². The molecule has 0 bridgehead atoms. The van der Waals surface area contributed by atoms with E-state index in [0.717, 1.165) is 36.8 Å². The molecule has 0 saturated heterocycles. The second-order valence-electron chi connectivity index (χ2n) is 4.94. The van der Waals surface area contributed by atoms with Gasteiger partial charge in [-0.3, -0.25) is 0 Å². The molecule has 2 aromatic heterocycles. The second-order valence-corrected chi connectivity index (χ2v) is 4.94. The molecule has 0 amide bonds. The van der Waals surface area contributed by atoms with Crippen LogP contribution >= 0.6 is 0 Å². The van der Waals surface area contributed by atoms with Crippen molar-refractivity contribution < 1.29 is 9.53 Å². The van der Waals surface area contributed by atoms with Gasteiger partial charge in [0.2, 0.25) is 0 Å². The van der Waals surface area contributed by atoms with E-state index >= 15 is 0 Å². The molecular formula is C15H16N2O2. The lowest BCUT2D eigenvalue weighted by molar-refractivity contribution is 0.0327. The number of hydrogen-bond acceptors (Lipinski definition) is 3. The van der Waals surface area contributed by atoms with E-state index in [4.69, 9.17) is 4.74 Å². The Morgan fingerprint density at radius 1 is 1.42 bits per heavy atom. The summed E-state index contributed by atoms with van der Waals surface area (Å²) in [6.45, 7) is 3.99. The molecule has 0 aromatic carbocycles. The van der Waals surface area contributed by atoms with Crippen LogP contribution in [-0.4, -0.2) is 21.5 Å². The molecule has 2 aromatic rings. The summed E-state index contributed by atoms with van der Waals surface area (Å²) in [4.78, 5) is 16.2. The number of pyridine rings is 1. The minimum absolute atomic E-state index is 0.125. The number of esters is 1. The van der Waals surface area contributed by atoms with Gasteiger partial charge in [0.1, 0.15) is 6.10 Å². The molecule has 3 rings (SSSR count). The minimum atomic E-state index is -0.288. The number of aromatic nitrogens is 2. The van der Waals surface area contributed by atoms with E-state index in [1.807, 2.05) is 10.5 Å². The number of fused-ring (bicyclic) bond motifs is 1. The molecule has 2 heterocycles. The maximum absolute atomic E-state index is 12.1. The predicted molar refractivity (Wildman–Crippen MR) is 72.0 cm³/mol. The molecule has 0 N–H and O–H groups in total. The molecule has 98 valence electrons. The molecule has 19 heavy (non-hydrogen) atoms. The summed E-state index contributed by atoms with van der Waals surface area (Å²) in [6.07, 6.45) is 9.13. The van der Waals surface area contributed by atoms with Crippen LogP contribution in [0.3, 0.4) is 0 Å². The summed E-state index contributed by atoms with van der Waals surface area (Å²) in [5.41, 5.74) is 2.53. The van der Waals surface area contributed by atoms with Crippen LogP contribution in [0.1, 0.15) is 36.0 Å². The molecule has 1 aliphatic rings. The smallest absolute Gasteiger partial charge is 0.340 e. The molecule has 4 nitrogen and oxygen atoms in total. The summed E-state index contributed by atoms with van der Waals surface area (Å²) in [5, 5.41) is 0. The molecule has 4 heteroatoms. The van der Waals surface area contributed by atoms with E-state index in [1.165, 1.54) is 0 Å². The first-order valence-corrected chi connectivity index (χ1v) is 6.54. The van der Waals surface area contributed by atoms with Crippen molar-refractivity contribution in [1.82, 2.24) is 9.38 Å². The summed E-state index contributed by atoms with van der Waals surface area (Å²) in [7, 11) is 0. The van der Waals surface area contributed by atoms with E-state index in [0.29, 0.717) is 5.56 Å². The zero-order valence-corrected chi connectivity index (χ0v) is 10.7. The van der Waals surface area contributed by atoms with E-state index in [2.05, 4.69) is 11.6 Å². The van der Waals surface area contributed by atoms with Crippen LogP contribution in [-0.2, 0) is 4.74 Å². The molecule has 1 unspecified atom stereocenters. The summed E-state index contributed by atoms with van der Waals surface area (Å²) >= 11 is 0. The highest BCUT2D eigenvalue weighted by Gasteiger charge is 2.22. The number of nitrogens with zero attached hydrogens (tertiary/aromatic N) is 2. The quantitative estimate of drug-likeness (QED) is 0.613. The Morgan fingerprint density at radius 2 is 2.32 bits per heavy atom. The maximum Gasteiger partial charge on any atom is 0.340 e.